The molecule has 2 aromatic rings. The number of rotatable bonds is 6. The van der Waals surface area contributed by atoms with Gasteiger partial charge in [0.1, 0.15) is 6.04 Å². The van der Waals surface area contributed by atoms with Crippen LogP contribution in [0, 0.1) is 11.3 Å². The Morgan fingerprint density at radius 1 is 1.36 bits per heavy atom. The predicted octanol–water partition coefficient (Wildman–Crippen LogP) is 5.24. The number of nitrogens with zero attached hydrogens (tertiary/aromatic N) is 3. The van der Waals surface area contributed by atoms with Crippen molar-refractivity contribution < 1.29 is 9.21 Å². The molecule has 28 heavy (non-hydrogen) atoms. The van der Waals surface area contributed by atoms with E-state index in [2.05, 4.69) is 24.1 Å². The summed E-state index contributed by atoms with van der Waals surface area (Å²) in [6, 6.07) is 7.86. The van der Waals surface area contributed by atoms with Crippen molar-refractivity contribution in [2.24, 2.45) is 0 Å². The maximum Gasteiger partial charge on any atom is 0.295 e. The average Bonchev–Trinajstić information content (AvgIpc) is 3.20. The number of nitriles is 1. The fraction of sp³-hybridized carbons (Fsp3) is 0.238. The molecule has 1 aliphatic rings. The van der Waals surface area contributed by atoms with Gasteiger partial charge in [0.25, 0.3) is 5.91 Å². The summed E-state index contributed by atoms with van der Waals surface area (Å²) in [5.41, 5.74) is 1.26. The Labute approximate surface area is 174 Å². The Morgan fingerprint density at radius 3 is 2.64 bits per heavy atom. The number of hydrogen-bond donors (Lipinski definition) is 0. The molecular weight excluding hydrogens is 397 g/mol. The van der Waals surface area contributed by atoms with Crippen molar-refractivity contribution >= 4 is 34.8 Å². The Bertz CT molecular complexity index is 924. The minimum atomic E-state index is -0.707. The number of anilines is 1. The lowest BCUT2D eigenvalue weighted by Crippen LogP contribution is -2.47. The summed E-state index contributed by atoms with van der Waals surface area (Å²) in [6.07, 6.45) is 5.38. The van der Waals surface area contributed by atoms with Crippen LogP contribution in [0.15, 0.2) is 60.3 Å². The van der Waals surface area contributed by atoms with Gasteiger partial charge in [-0.05, 0) is 24.3 Å². The fourth-order valence-electron chi connectivity index (χ4n) is 3.58. The normalized spacial score (nSPS) is 18.4. The van der Waals surface area contributed by atoms with Gasteiger partial charge in [0.15, 0.2) is 5.76 Å². The van der Waals surface area contributed by atoms with Crippen LogP contribution in [-0.4, -0.2) is 29.9 Å². The van der Waals surface area contributed by atoms with Crippen molar-refractivity contribution in [2.45, 2.75) is 18.5 Å². The molecule has 3 rings (SSSR count). The molecule has 144 valence electrons. The van der Waals surface area contributed by atoms with E-state index in [-0.39, 0.29) is 11.8 Å². The Hall–Kier alpha value is -2.52. The van der Waals surface area contributed by atoms with Crippen LogP contribution in [0.4, 0.5) is 5.69 Å². The van der Waals surface area contributed by atoms with E-state index < -0.39 is 11.9 Å². The number of carbonyl (C=O) groups excluding carboxylic acids is 1. The highest BCUT2D eigenvalue weighted by Crippen LogP contribution is 2.46. The summed E-state index contributed by atoms with van der Waals surface area (Å²) in [4.78, 5) is 16.6. The van der Waals surface area contributed by atoms with Crippen LogP contribution in [0.2, 0.25) is 10.0 Å². The molecule has 5 nitrogen and oxygen atoms in total. The minimum absolute atomic E-state index is 0.148. The summed E-state index contributed by atoms with van der Waals surface area (Å²) in [6.45, 7) is 8.79. The van der Waals surface area contributed by atoms with Crippen molar-refractivity contribution in [3.63, 3.8) is 0 Å². The van der Waals surface area contributed by atoms with Crippen molar-refractivity contribution in [1.29, 1.82) is 5.26 Å². The van der Waals surface area contributed by atoms with Crippen molar-refractivity contribution in [3.05, 3.63) is 77.2 Å². The van der Waals surface area contributed by atoms with Gasteiger partial charge in [0.2, 0.25) is 0 Å². The summed E-state index contributed by atoms with van der Waals surface area (Å²) < 4.78 is 5.26. The molecule has 0 fully saturated rings. The van der Waals surface area contributed by atoms with Crippen molar-refractivity contribution in [1.82, 2.24) is 4.90 Å². The van der Waals surface area contributed by atoms with Gasteiger partial charge >= 0.3 is 0 Å². The molecule has 1 aromatic carbocycles. The fourth-order valence-corrected chi connectivity index (χ4v) is 4.18. The lowest BCUT2D eigenvalue weighted by Gasteiger charge is -2.42. The van der Waals surface area contributed by atoms with Crippen LogP contribution in [-0.2, 0) is 0 Å². The maximum atomic E-state index is 13.1. The third-order valence-corrected chi connectivity index (χ3v) is 5.22. The first kappa shape index (κ1) is 20.2. The molecule has 0 saturated heterocycles. The monoisotopic (exact) mass is 415 g/mol. The highest BCUT2D eigenvalue weighted by Gasteiger charge is 2.40. The molecule has 0 spiro atoms. The first-order chi connectivity index (χ1) is 13.5. The number of halogens is 2. The van der Waals surface area contributed by atoms with Gasteiger partial charge in [-0.1, -0.05) is 35.4 Å². The van der Waals surface area contributed by atoms with Gasteiger partial charge in [-0.3, -0.25) is 14.6 Å². The lowest BCUT2D eigenvalue weighted by molar-refractivity contribution is 0.0943. The zero-order valence-corrected chi connectivity index (χ0v) is 16.7. The molecule has 0 unspecified atom stereocenters. The highest BCUT2D eigenvalue weighted by molar-refractivity contribution is 6.36. The van der Waals surface area contributed by atoms with Crippen LogP contribution in [0.5, 0.6) is 0 Å². The topological polar surface area (TPSA) is 60.5 Å². The summed E-state index contributed by atoms with van der Waals surface area (Å²) >= 11 is 12.8. The van der Waals surface area contributed by atoms with Crippen LogP contribution >= 0.6 is 23.2 Å². The van der Waals surface area contributed by atoms with Crippen LogP contribution < -0.4 is 4.90 Å². The van der Waals surface area contributed by atoms with Crippen LogP contribution in [0.3, 0.4) is 0 Å². The van der Waals surface area contributed by atoms with E-state index >= 15 is 0 Å². The van der Waals surface area contributed by atoms with E-state index in [1.54, 1.807) is 36.4 Å². The third-order valence-electron chi connectivity index (χ3n) is 4.69. The zero-order valence-electron chi connectivity index (χ0n) is 15.1. The zero-order chi connectivity index (χ0) is 20.3. The number of benzene rings is 1. The molecule has 0 bridgehead atoms. The molecule has 0 N–H and O–H groups in total. The van der Waals surface area contributed by atoms with Gasteiger partial charge in [-0.15, -0.1) is 13.2 Å². The quantitative estimate of drug-likeness (QED) is 0.604. The van der Waals surface area contributed by atoms with Crippen molar-refractivity contribution in [3.8, 4) is 6.07 Å². The molecule has 2 heterocycles. The van der Waals surface area contributed by atoms with Gasteiger partial charge in [0.05, 0.1) is 18.0 Å². The number of carbonyl (C=O) groups is 1. The van der Waals surface area contributed by atoms with E-state index in [0.29, 0.717) is 35.2 Å². The Balaban J connectivity index is 2.17. The standard InChI is InChI=1S/C21H19Cl2N3O2/c1-3-7-25(8-4-2)17-12-15(13-24)26(21(27)19-6-5-9-28-19)18-11-14(22)10-16(23)20(17)18/h3-6,9-11,15,17H,1-2,7-8,12H2/t15-,17+/m1/s1. The van der Waals surface area contributed by atoms with Gasteiger partial charge in [0, 0.05) is 41.2 Å². The average molecular weight is 416 g/mol. The second kappa shape index (κ2) is 8.66. The molecule has 1 aliphatic heterocycles. The molecule has 0 aliphatic carbocycles. The number of hydrogen-bond acceptors (Lipinski definition) is 4. The first-order valence-corrected chi connectivity index (χ1v) is 9.48. The van der Waals surface area contributed by atoms with Crippen LogP contribution in [0.25, 0.3) is 0 Å². The molecule has 0 radical (unpaired) electrons. The molecule has 2 atom stereocenters. The van der Waals surface area contributed by atoms with Crippen LogP contribution in [0.1, 0.15) is 28.6 Å². The summed E-state index contributed by atoms with van der Waals surface area (Å²) in [7, 11) is 0. The van der Waals surface area contributed by atoms with Gasteiger partial charge in [-0.25, -0.2) is 0 Å². The first-order valence-electron chi connectivity index (χ1n) is 8.73. The maximum absolute atomic E-state index is 13.1. The molecule has 1 aromatic heterocycles. The molecule has 1 amide bonds. The second-order valence-electron chi connectivity index (χ2n) is 6.40. The van der Waals surface area contributed by atoms with E-state index in [0.717, 1.165) is 5.56 Å². The number of amides is 1. The molecule has 0 saturated carbocycles. The largest absolute Gasteiger partial charge is 0.459 e. The minimum Gasteiger partial charge on any atom is -0.459 e. The van der Waals surface area contributed by atoms with E-state index in [1.807, 2.05) is 0 Å². The van der Waals surface area contributed by atoms with Gasteiger partial charge in [-0.2, -0.15) is 5.26 Å². The van der Waals surface area contributed by atoms with E-state index in [4.69, 9.17) is 27.6 Å². The number of furan rings is 1. The molecule has 7 heteroatoms. The van der Waals surface area contributed by atoms with Crippen molar-refractivity contribution in [2.75, 3.05) is 18.0 Å². The van der Waals surface area contributed by atoms with E-state index in [9.17, 15) is 10.1 Å². The Kier molecular flexibility index (Phi) is 6.25. The van der Waals surface area contributed by atoms with Gasteiger partial charge < -0.3 is 4.42 Å². The smallest absolute Gasteiger partial charge is 0.295 e. The second-order valence-corrected chi connectivity index (χ2v) is 7.24. The summed E-state index contributed by atoms with van der Waals surface area (Å²) in [5, 5.41) is 10.7. The lowest BCUT2D eigenvalue weighted by atomic mass is 9.89. The highest BCUT2D eigenvalue weighted by atomic mass is 35.5. The Morgan fingerprint density at radius 2 is 2.07 bits per heavy atom. The summed E-state index contributed by atoms with van der Waals surface area (Å²) in [5.74, 6) is -0.261. The van der Waals surface area contributed by atoms with E-state index in [1.165, 1.54) is 11.2 Å². The molecular formula is C21H19Cl2N3O2. The SMILES string of the molecule is C=CCN(CC=C)[C@H]1C[C@H](C#N)N(C(=O)c2ccco2)c2cc(Cl)cc(Cl)c21. The number of fused-ring (bicyclic) bond motifs is 1. The predicted molar refractivity (Wildman–Crippen MR) is 111 cm³/mol. The third kappa shape index (κ3) is 3.72.